The Morgan fingerprint density at radius 3 is 2.56 bits per heavy atom. The molecular formula is C7H9F3N4OS. The van der Waals surface area contributed by atoms with Gasteiger partial charge in [-0.3, -0.25) is 4.79 Å². The van der Waals surface area contributed by atoms with Crippen molar-refractivity contribution in [3.05, 3.63) is 5.82 Å². The number of nitrogen functional groups attached to an aromatic ring is 1. The smallest absolute Gasteiger partial charge is 0.335 e. The molecule has 1 aromatic rings. The van der Waals surface area contributed by atoms with Crippen LogP contribution in [0.2, 0.25) is 0 Å². The van der Waals surface area contributed by atoms with Crippen LogP contribution in [0.15, 0.2) is 5.16 Å². The molecule has 0 saturated carbocycles. The van der Waals surface area contributed by atoms with Crippen LogP contribution in [0.3, 0.4) is 0 Å². The third-order valence-electron chi connectivity index (χ3n) is 1.60. The van der Waals surface area contributed by atoms with Crippen molar-refractivity contribution in [3.63, 3.8) is 0 Å². The summed E-state index contributed by atoms with van der Waals surface area (Å²) in [6, 6.07) is 0. The van der Waals surface area contributed by atoms with Crippen LogP contribution >= 0.6 is 11.8 Å². The van der Waals surface area contributed by atoms with Crippen LogP contribution in [-0.4, -0.2) is 26.4 Å². The van der Waals surface area contributed by atoms with E-state index in [4.69, 9.17) is 5.84 Å². The van der Waals surface area contributed by atoms with Gasteiger partial charge in [0.1, 0.15) is 5.78 Å². The van der Waals surface area contributed by atoms with Crippen LogP contribution in [-0.2, 0) is 11.0 Å². The fraction of sp³-hybridized carbons (Fsp3) is 0.571. The summed E-state index contributed by atoms with van der Waals surface area (Å²) in [7, 11) is 0. The van der Waals surface area contributed by atoms with Gasteiger partial charge in [-0.2, -0.15) is 13.2 Å². The number of aromatic nitrogens is 3. The van der Waals surface area contributed by atoms with Crippen LogP contribution in [0.25, 0.3) is 0 Å². The Labute approximate surface area is 93.2 Å². The van der Waals surface area contributed by atoms with E-state index in [-0.39, 0.29) is 17.4 Å². The van der Waals surface area contributed by atoms with E-state index >= 15 is 0 Å². The third-order valence-corrected chi connectivity index (χ3v) is 2.55. The molecule has 0 fully saturated rings. The molecule has 0 aromatic carbocycles. The number of hydrogen-bond acceptors (Lipinski definition) is 5. The lowest BCUT2D eigenvalue weighted by Gasteiger charge is -2.05. The molecule has 0 bridgehead atoms. The van der Waals surface area contributed by atoms with Crippen LogP contribution in [0.4, 0.5) is 13.2 Å². The molecule has 0 amide bonds. The van der Waals surface area contributed by atoms with Gasteiger partial charge in [-0.15, -0.1) is 10.2 Å². The maximum absolute atomic E-state index is 12.2. The summed E-state index contributed by atoms with van der Waals surface area (Å²) in [4.78, 5) is 10.6. The molecule has 0 aliphatic carbocycles. The van der Waals surface area contributed by atoms with Gasteiger partial charge in [0, 0.05) is 12.2 Å². The molecule has 90 valence electrons. The Morgan fingerprint density at radius 1 is 1.50 bits per heavy atom. The lowest BCUT2D eigenvalue weighted by molar-refractivity contribution is -0.146. The van der Waals surface area contributed by atoms with E-state index in [0.29, 0.717) is 10.4 Å². The topological polar surface area (TPSA) is 73.8 Å². The number of carbonyl (C=O) groups excluding carboxylic acids is 1. The van der Waals surface area contributed by atoms with Gasteiger partial charge in [0.25, 0.3) is 5.82 Å². The van der Waals surface area contributed by atoms with Crippen LogP contribution in [0.5, 0.6) is 0 Å². The van der Waals surface area contributed by atoms with Gasteiger partial charge in [0.15, 0.2) is 0 Å². The number of hydrogen-bond donors (Lipinski definition) is 1. The van der Waals surface area contributed by atoms with E-state index in [1.54, 1.807) is 0 Å². The number of carbonyl (C=O) groups is 1. The third kappa shape index (κ3) is 3.12. The summed E-state index contributed by atoms with van der Waals surface area (Å²) in [6.07, 6.45) is -4.37. The summed E-state index contributed by atoms with van der Waals surface area (Å²) in [6.45, 7) is 1.40. The van der Waals surface area contributed by atoms with Crippen molar-refractivity contribution in [2.45, 2.75) is 24.7 Å². The minimum absolute atomic E-state index is 0.0494. The Kier molecular flexibility index (Phi) is 3.79. The van der Waals surface area contributed by atoms with E-state index in [2.05, 4.69) is 10.2 Å². The van der Waals surface area contributed by atoms with Gasteiger partial charge >= 0.3 is 6.18 Å². The first-order chi connectivity index (χ1) is 7.32. The number of rotatable bonds is 4. The molecule has 0 spiro atoms. The van der Waals surface area contributed by atoms with Crippen molar-refractivity contribution in [1.82, 2.24) is 14.9 Å². The SMILES string of the molecule is CC(=O)CCSc1nnc(C(F)(F)F)n1N. The molecule has 0 aliphatic heterocycles. The Morgan fingerprint density at radius 2 is 2.12 bits per heavy atom. The Hall–Kier alpha value is -1.25. The monoisotopic (exact) mass is 254 g/mol. The van der Waals surface area contributed by atoms with Gasteiger partial charge in [-0.1, -0.05) is 11.8 Å². The molecule has 16 heavy (non-hydrogen) atoms. The maximum atomic E-state index is 12.2. The molecule has 1 rings (SSSR count). The highest BCUT2D eigenvalue weighted by molar-refractivity contribution is 7.99. The number of Topliss-reactive ketones (excluding diaryl/α,β-unsaturated/α-hetero) is 1. The van der Waals surface area contributed by atoms with E-state index in [1.165, 1.54) is 6.92 Å². The normalized spacial score (nSPS) is 11.8. The molecule has 0 radical (unpaired) electrons. The maximum Gasteiger partial charge on any atom is 0.453 e. The zero-order valence-electron chi connectivity index (χ0n) is 8.28. The summed E-state index contributed by atoms with van der Waals surface area (Å²) in [5.41, 5.74) is 0. The molecule has 1 aromatic heterocycles. The number of nitrogens with zero attached hydrogens (tertiary/aromatic N) is 3. The molecular weight excluding hydrogens is 245 g/mol. The van der Waals surface area contributed by atoms with Crippen LogP contribution in [0.1, 0.15) is 19.2 Å². The zero-order valence-corrected chi connectivity index (χ0v) is 9.10. The summed E-state index contributed by atoms with van der Waals surface area (Å²) in [5.74, 6) is 4.19. The van der Waals surface area contributed by atoms with E-state index < -0.39 is 12.0 Å². The zero-order chi connectivity index (χ0) is 12.3. The Bertz CT molecular complexity index is 389. The minimum atomic E-state index is -4.62. The number of nitrogens with two attached hydrogens (primary N) is 1. The van der Waals surface area contributed by atoms with Gasteiger partial charge in [0.2, 0.25) is 5.16 Å². The van der Waals surface area contributed by atoms with Gasteiger partial charge in [0.05, 0.1) is 0 Å². The summed E-state index contributed by atoms with van der Waals surface area (Å²) in [5, 5.41) is 6.18. The standard InChI is InChI=1S/C7H9F3N4OS/c1-4(15)2-3-16-6-13-12-5(14(6)11)7(8,9)10/h2-3,11H2,1H3. The molecule has 1 heterocycles. The molecule has 9 heteroatoms. The second kappa shape index (κ2) is 4.73. The highest BCUT2D eigenvalue weighted by Crippen LogP contribution is 2.28. The van der Waals surface area contributed by atoms with Crippen molar-refractivity contribution in [1.29, 1.82) is 0 Å². The molecule has 2 N–H and O–H groups in total. The number of thioether (sulfide) groups is 1. The fourth-order valence-corrected chi connectivity index (χ4v) is 1.75. The second-order valence-corrected chi connectivity index (χ2v) is 4.04. The first kappa shape index (κ1) is 12.8. The summed E-state index contributed by atoms with van der Waals surface area (Å²) >= 11 is 0.956. The first-order valence-electron chi connectivity index (χ1n) is 4.22. The Balaban J connectivity index is 2.69. The van der Waals surface area contributed by atoms with Crippen molar-refractivity contribution < 1.29 is 18.0 Å². The summed E-state index contributed by atoms with van der Waals surface area (Å²) < 4.78 is 37.1. The fourth-order valence-electron chi connectivity index (χ4n) is 0.855. The highest BCUT2D eigenvalue weighted by Gasteiger charge is 2.38. The van der Waals surface area contributed by atoms with E-state index in [0.717, 1.165) is 11.8 Å². The van der Waals surface area contributed by atoms with Gasteiger partial charge < -0.3 is 5.84 Å². The number of alkyl halides is 3. The predicted octanol–water partition coefficient (Wildman–Crippen LogP) is 1.08. The lowest BCUT2D eigenvalue weighted by Crippen LogP contribution is -2.21. The number of ketones is 1. The quantitative estimate of drug-likeness (QED) is 0.643. The molecule has 0 unspecified atom stereocenters. The average Bonchev–Trinajstić information content (AvgIpc) is 2.46. The average molecular weight is 254 g/mol. The predicted molar refractivity (Wildman–Crippen MR) is 51.2 cm³/mol. The van der Waals surface area contributed by atoms with Crippen LogP contribution in [0, 0.1) is 0 Å². The molecule has 0 saturated heterocycles. The van der Waals surface area contributed by atoms with Crippen molar-refractivity contribution in [3.8, 4) is 0 Å². The van der Waals surface area contributed by atoms with Crippen molar-refractivity contribution in [2.75, 3.05) is 11.6 Å². The highest BCUT2D eigenvalue weighted by atomic mass is 32.2. The van der Waals surface area contributed by atoms with E-state index in [1.807, 2.05) is 0 Å². The van der Waals surface area contributed by atoms with Crippen LogP contribution < -0.4 is 5.84 Å². The van der Waals surface area contributed by atoms with Gasteiger partial charge in [-0.05, 0) is 6.92 Å². The molecule has 0 atom stereocenters. The lowest BCUT2D eigenvalue weighted by atomic mass is 10.4. The number of halogens is 3. The largest absolute Gasteiger partial charge is 0.453 e. The second-order valence-electron chi connectivity index (χ2n) is 2.97. The minimum Gasteiger partial charge on any atom is -0.335 e. The first-order valence-corrected chi connectivity index (χ1v) is 5.21. The van der Waals surface area contributed by atoms with E-state index in [9.17, 15) is 18.0 Å². The molecule has 5 nitrogen and oxygen atoms in total. The molecule has 0 aliphatic rings. The van der Waals surface area contributed by atoms with Gasteiger partial charge in [-0.25, -0.2) is 4.68 Å². The van der Waals surface area contributed by atoms with Crippen molar-refractivity contribution >= 4 is 17.5 Å². The van der Waals surface area contributed by atoms with Crippen molar-refractivity contribution in [2.24, 2.45) is 0 Å².